The first-order valence-electron chi connectivity index (χ1n) is 38.1. The van der Waals surface area contributed by atoms with E-state index in [-0.39, 0.29) is 25.7 Å². The highest BCUT2D eigenvalue weighted by Gasteiger charge is 2.30. The summed E-state index contributed by atoms with van der Waals surface area (Å²) in [6.07, 6.45) is 75.4. The predicted molar refractivity (Wildman–Crippen MR) is 399 cm³/mol. The fourth-order valence-electron chi connectivity index (χ4n) is 10.00. The number of esters is 4. The number of carbonyl (C=O) groups excluding carboxylic acids is 4. The second-order valence-corrected chi connectivity index (χ2v) is 28.1. The third kappa shape index (κ3) is 70.2. The van der Waals surface area contributed by atoms with Gasteiger partial charge in [0, 0.05) is 19.3 Å². The third-order valence-electron chi connectivity index (χ3n) is 15.8. The van der Waals surface area contributed by atoms with Crippen LogP contribution in [0.1, 0.15) is 310 Å². The molecule has 19 heteroatoms. The van der Waals surface area contributed by atoms with Gasteiger partial charge in [0.2, 0.25) is 0 Å². The Hall–Kier alpha value is -4.28. The van der Waals surface area contributed by atoms with E-state index in [1.54, 1.807) is 6.08 Å². The zero-order valence-corrected chi connectivity index (χ0v) is 63.2. The minimum atomic E-state index is -4.99. The van der Waals surface area contributed by atoms with E-state index in [0.29, 0.717) is 25.7 Å². The van der Waals surface area contributed by atoms with Crippen LogP contribution in [0.25, 0.3) is 0 Å². The van der Waals surface area contributed by atoms with Gasteiger partial charge in [-0.3, -0.25) is 37.3 Å². The van der Waals surface area contributed by atoms with E-state index < -0.39 is 97.5 Å². The van der Waals surface area contributed by atoms with Crippen LogP contribution in [0.5, 0.6) is 0 Å². The van der Waals surface area contributed by atoms with Crippen molar-refractivity contribution >= 4 is 39.5 Å². The van der Waals surface area contributed by atoms with Crippen molar-refractivity contribution in [3.05, 3.63) is 109 Å². The molecule has 0 aromatic carbocycles. The molecular formula is C79H136O17P2. The largest absolute Gasteiger partial charge is 0.472 e. The lowest BCUT2D eigenvalue weighted by atomic mass is 10.0. The summed E-state index contributed by atoms with van der Waals surface area (Å²) in [7, 11) is -9.97. The van der Waals surface area contributed by atoms with Crippen molar-refractivity contribution in [1.29, 1.82) is 0 Å². The highest BCUT2D eigenvalue weighted by atomic mass is 31.2. The summed E-state index contributed by atoms with van der Waals surface area (Å²) in [5.41, 5.74) is 0. The van der Waals surface area contributed by atoms with E-state index in [1.807, 2.05) is 18.2 Å². The summed E-state index contributed by atoms with van der Waals surface area (Å²) < 4.78 is 68.3. The Kier molecular flexibility index (Phi) is 68.0. The normalized spacial score (nSPS) is 14.6. The zero-order chi connectivity index (χ0) is 71.8. The quantitative estimate of drug-likeness (QED) is 0.0169. The lowest BCUT2D eigenvalue weighted by Gasteiger charge is -2.21. The molecule has 98 heavy (non-hydrogen) atoms. The topological polar surface area (TPSA) is 237 Å². The third-order valence-corrected chi connectivity index (χ3v) is 17.7. The first-order valence-corrected chi connectivity index (χ1v) is 41.1. The highest BCUT2D eigenvalue weighted by molar-refractivity contribution is 7.47. The van der Waals surface area contributed by atoms with Gasteiger partial charge in [-0.1, -0.05) is 291 Å². The van der Waals surface area contributed by atoms with E-state index in [4.69, 9.17) is 37.0 Å². The van der Waals surface area contributed by atoms with Gasteiger partial charge in [0.25, 0.3) is 0 Å². The average Bonchev–Trinajstić information content (AvgIpc) is 0.985. The van der Waals surface area contributed by atoms with Crippen LogP contribution in [0.4, 0.5) is 0 Å². The molecule has 0 saturated heterocycles. The van der Waals surface area contributed by atoms with Crippen molar-refractivity contribution in [1.82, 2.24) is 0 Å². The second-order valence-electron chi connectivity index (χ2n) is 25.2. The summed E-state index contributed by atoms with van der Waals surface area (Å²) in [5.74, 6) is -2.33. The molecule has 0 aromatic heterocycles. The SMILES string of the molecule is CC/C=C\C/C=C\C/C=C\C/C=C\C/C=C\CC(=O)OCC(COP(=O)(O)OCC(O)COP(=O)(O)OCC(COC(=O)CCCCCCCCC/C=C\C/C=C\C/C=C\CC)OC(=O)CCCCCCCCCCCCCCCCC)OC(=O)CCCCCCC/C=C\CCCC. The second kappa shape index (κ2) is 71.1. The summed E-state index contributed by atoms with van der Waals surface area (Å²) in [4.78, 5) is 72.7. The van der Waals surface area contributed by atoms with Gasteiger partial charge in [0.05, 0.1) is 32.8 Å². The number of allylic oxidation sites excluding steroid dienone is 17. The van der Waals surface area contributed by atoms with E-state index in [1.165, 1.54) is 77.0 Å². The molecule has 0 amide bonds. The van der Waals surface area contributed by atoms with Gasteiger partial charge in [-0.15, -0.1) is 0 Å². The molecule has 0 saturated carbocycles. The maximum Gasteiger partial charge on any atom is 0.472 e. The molecule has 0 aliphatic heterocycles. The lowest BCUT2D eigenvalue weighted by Crippen LogP contribution is -2.30. The Morgan fingerprint density at radius 1 is 0.306 bits per heavy atom. The van der Waals surface area contributed by atoms with Crippen LogP contribution < -0.4 is 0 Å². The number of rotatable bonds is 71. The Balaban J connectivity index is 5.38. The van der Waals surface area contributed by atoms with Crippen molar-refractivity contribution in [2.24, 2.45) is 0 Å². The molecule has 0 bridgehead atoms. The van der Waals surface area contributed by atoms with Crippen molar-refractivity contribution in [3.63, 3.8) is 0 Å². The highest BCUT2D eigenvalue weighted by Crippen LogP contribution is 2.45. The standard InChI is InChI=1S/C79H136O17P2/c1-5-9-13-17-21-25-29-32-35-36-39-41-45-48-52-56-60-64-77(82)90-70-75(96-79(84)66-62-58-54-50-46-42-38-34-31-27-23-19-15-11-7-3)72-94-98(87,88)92-68-73(80)67-91-97(85,86)93-71-74(95-78(83)65-61-57-53-49-43-28-24-20-16-12-8-4)69-89-76(81)63-59-55-51-47-44-40-37-33-30-26-22-18-14-10-6-2/h9-10,13-14,20-22,24-26,32-33,35,37,44,47,55,59,73-75,80H,5-8,11-12,15-19,23,27-31,34,36,38-43,45-46,48-54,56-58,60-72H2,1-4H3,(H,85,86)(H,87,88)/b13-9-,14-10-,24-20-,25-21-,26-22-,35-32-,37-33-,47-44-,59-55-. The summed E-state index contributed by atoms with van der Waals surface area (Å²) in [6.45, 7) is 4.49. The fraction of sp³-hybridized carbons (Fsp3) is 0.722. The Morgan fingerprint density at radius 2 is 0.582 bits per heavy atom. The fourth-order valence-corrected chi connectivity index (χ4v) is 11.6. The van der Waals surface area contributed by atoms with Gasteiger partial charge < -0.3 is 33.8 Å². The minimum absolute atomic E-state index is 0.0644. The number of aliphatic hydroxyl groups excluding tert-OH is 1. The molecule has 3 N–H and O–H groups in total. The van der Waals surface area contributed by atoms with Crippen LogP contribution in [-0.4, -0.2) is 96.7 Å². The van der Waals surface area contributed by atoms with Crippen LogP contribution in [0.3, 0.4) is 0 Å². The van der Waals surface area contributed by atoms with E-state index in [9.17, 15) is 43.2 Å². The summed E-state index contributed by atoms with van der Waals surface area (Å²) >= 11 is 0. The minimum Gasteiger partial charge on any atom is -0.462 e. The predicted octanol–water partition coefficient (Wildman–Crippen LogP) is 21.8. The summed E-state index contributed by atoms with van der Waals surface area (Å²) in [6, 6.07) is 0. The zero-order valence-electron chi connectivity index (χ0n) is 61.4. The van der Waals surface area contributed by atoms with Crippen LogP contribution in [0.2, 0.25) is 0 Å². The average molecular weight is 1420 g/mol. The Bertz CT molecular complexity index is 2290. The van der Waals surface area contributed by atoms with Gasteiger partial charge in [-0.2, -0.15) is 0 Å². The molecule has 5 unspecified atom stereocenters. The van der Waals surface area contributed by atoms with Crippen LogP contribution in [0, 0.1) is 0 Å². The van der Waals surface area contributed by atoms with Gasteiger partial charge in [0.1, 0.15) is 19.3 Å². The molecule has 0 aromatic rings. The molecule has 17 nitrogen and oxygen atoms in total. The molecule has 0 heterocycles. The first-order chi connectivity index (χ1) is 47.7. The molecule has 0 spiro atoms. The molecule has 0 radical (unpaired) electrons. The number of phosphoric ester groups is 2. The first kappa shape index (κ1) is 93.7. The van der Waals surface area contributed by atoms with Gasteiger partial charge in [-0.25, -0.2) is 9.13 Å². The monoisotopic (exact) mass is 1420 g/mol. The molecule has 5 atom stereocenters. The van der Waals surface area contributed by atoms with Gasteiger partial charge in [-0.05, 0) is 103 Å². The van der Waals surface area contributed by atoms with Gasteiger partial charge >= 0.3 is 39.5 Å². The molecule has 0 aliphatic rings. The molecular weight excluding hydrogens is 1280 g/mol. The van der Waals surface area contributed by atoms with Crippen LogP contribution >= 0.6 is 15.6 Å². The smallest absolute Gasteiger partial charge is 0.462 e. The maximum absolute atomic E-state index is 13.1. The maximum atomic E-state index is 13.1. The van der Waals surface area contributed by atoms with Crippen LogP contribution in [-0.2, 0) is 65.4 Å². The van der Waals surface area contributed by atoms with E-state index in [0.717, 1.165) is 154 Å². The number of aliphatic hydroxyl groups is 1. The van der Waals surface area contributed by atoms with E-state index in [2.05, 4.69) is 113 Å². The van der Waals surface area contributed by atoms with Crippen molar-refractivity contribution in [2.75, 3.05) is 39.6 Å². The van der Waals surface area contributed by atoms with Crippen molar-refractivity contribution in [2.45, 2.75) is 329 Å². The number of unbranched alkanes of at least 4 members (excludes halogenated alkanes) is 28. The number of phosphoric acid groups is 2. The number of ether oxygens (including phenoxy) is 4. The van der Waals surface area contributed by atoms with Gasteiger partial charge in [0.15, 0.2) is 12.2 Å². The van der Waals surface area contributed by atoms with E-state index >= 15 is 0 Å². The molecule has 0 fully saturated rings. The number of hydrogen-bond donors (Lipinski definition) is 3. The molecule has 0 rings (SSSR count). The Labute approximate surface area is 594 Å². The molecule has 564 valence electrons. The lowest BCUT2D eigenvalue weighted by molar-refractivity contribution is -0.161. The summed E-state index contributed by atoms with van der Waals surface area (Å²) in [5, 5.41) is 10.6. The molecule has 0 aliphatic carbocycles. The van der Waals surface area contributed by atoms with Crippen LogP contribution in [0.15, 0.2) is 109 Å². The van der Waals surface area contributed by atoms with Crippen molar-refractivity contribution < 1.29 is 80.2 Å². The Morgan fingerprint density at radius 3 is 0.949 bits per heavy atom. The number of carbonyl (C=O) groups is 4. The van der Waals surface area contributed by atoms with Crippen molar-refractivity contribution in [3.8, 4) is 0 Å². The number of hydrogen-bond acceptors (Lipinski definition) is 15.